The number of ether oxygens (including phenoxy) is 1. The third-order valence-corrected chi connectivity index (χ3v) is 3.42. The predicted molar refractivity (Wildman–Crippen MR) is 70.8 cm³/mol. The molecule has 98 valence electrons. The number of benzene rings is 1. The first-order chi connectivity index (χ1) is 8.61. The SMILES string of the molecule is CO[C@H]1CNCC1NC(=O)c1cc(C)ccc1C. The van der Waals surface area contributed by atoms with Crippen LogP contribution in [0.1, 0.15) is 21.5 Å². The fourth-order valence-corrected chi connectivity index (χ4v) is 2.27. The fourth-order valence-electron chi connectivity index (χ4n) is 2.27. The normalized spacial score (nSPS) is 23.1. The molecule has 1 aliphatic heterocycles. The molecule has 0 bridgehead atoms. The van der Waals surface area contributed by atoms with Gasteiger partial charge in [-0.05, 0) is 25.5 Å². The summed E-state index contributed by atoms with van der Waals surface area (Å²) in [6, 6.07) is 5.96. The Hall–Kier alpha value is -1.39. The van der Waals surface area contributed by atoms with Gasteiger partial charge >= 0.3 is 0 Å². The van der Waals surface area contributed by atoms with E-state index in [2.05, 4.69) is 10.6 Å². The van der Waals surface area contributed by atoms with Gasteiger partial charge in [-0.25, -0.2) is 0 Å². The van der Waals surface area contributed by atoms with Gasteiger partial charge in [0.25, 0.3) is 5.91 Å². The molecule has 1 heterocycles. The lowest BCUT2D eigenvalue weighted by Gasteiger charge is -2.19. The molecule has 0 spiro atoms. The van der Waals surface area contributed by atoms with Gasteiger partial charge in [0, 0.05) is 25.8 Å². The lowest BCUT2D eigenvalue weighted by molar-refractivity contribution is 0.0779. The molecule has 4 nitrogen and oxygen atoms in total. The molecule has 2 atom stereocenters. The van der Waals surface area contributed by atoms with Crippen molar-refractivity contribution < 1.29 is 9.53 Å². The van der Waals surface area contributed by atoms with Crippen molar-refractivity contribution >= 4 is 5.91 Å². The van der Waals surface area contributed by atoms with Gasteiger partial charge in [0.1, 0.15) is 0 Å². The van der Waals surface area contributed by atoms with E-state index in [0.717, 1.165) is 29.8 Å². The Morgan fingerprint density at radius 2 is 2.17 bits per heavy atom. The van der Waals surface area contributed by atoms with E-state index in [1.165, 1.54) is 0 Å². The van der Waals surface area contributed by atoms with Gasteiger partial charge in [0.2, 0.25) is 0 Å². The number of amides is 1. The molecule has 1 saturated heterocycles. The van der Waals surface area contributed by atoms with Crippen LogP contribution in [0, 0.1) is 13.8 Å². The van der Waals surface area contributed by atoms with Crippen LogP contribution in [0.2, 0.25) is 0 Å². The third kappa shape index (κ3) is 2.71. The van der Waals surface area contributed by atoms with Gasteiger partial charge in [0.15, 0.2) is 0 Å². The minimum atomic E-state index is -0.0213. The summed E-state index contributed by atoms with van der Waals surface area (Å²) in [6.45, 7) is 5.49. The standard InChI is InChI=1S/C14H20N2O2/c1-9-4-5-10(2)11(6-9)14(17)16-12-7-15-8-13(12)18-3/h4-6,12-13,15H,7-8H2,1-3H3,(H,16,17)/t12?,13-/m0/s1. The second kappa shape index (κ2) is 5.50. The molecule has 1 fully saturated rings. The van der Waals surface area contributed by atoms with Gasteiger partial charge in [0.05, 0.1) is 12.1 Å². The van der Waals surface area contributed by atoms with Crippen LogP contribution in [-0.2, 0) is 4.74 Å². The molecule has 0 aromatic heterocycles. The predicted octanol–water partition coefficient (Wildman–Crippen LogP) is 1.02. The number of aryl methyl sites for hydroxylation is 2. The lowest BCUT2D eigenvalue weighted by atomic mass is 10.0. The fraction of sp³-hybridized carbons (Fsp3) is 0.500. The maximum absolute atomic E-state index is 12.2. The Morgan fingerprint density at radius 1 is 1.39 bits per heavy atom. The average molecular weight is 248 g/mol. The van der Waals surface area contributed by atoms with E-state index in [9.17, 15) is 4.79 Å². The first kappa shape index (κ1) is 13.1. The Kier molecular flexibility index (Phi) is 3.99. The zero-order chi connectivity index (χ0) is 13.1. The first-order valence-corrected chi connectivity index (χ1v) is 6.23. The summed E-state index contributed by atoms with van der Waals surface area (Å²) in [5.74, 6) is -0.0213. The highest BCUT2D eigenvalue weighted by Gasteiger charge is 2.28. The Balaban J connectivity index is 2.09. The molecular weight excluding hydrogens is 228 g/mol. The van der Waals surface area contributed by atoms with Gasteiger partial charge in [-0.15, -0.1) is 0 Å². The van der Waals surface area contributed by atoms with Crippen LogP contribution in [0.5, 0.6) is 0 Å². The maximum atomic E-state index is 12.2. The van der Waals surface area contributed by atoms with Gasteiger partial charge in [-0.2, -0.15) is 0 Å². The second-order valence-electron chi connectivity index (χ2n) is 4.83. The molecule has 0 aliphatic carbocycles. The van der Waals surface area contributed by atoms with E-state index in [1.807, 2.05) is 32.0 Å². The highest BCUT2D eigenvalue weighted by atomic mass is 16.5. The summed E-state index contributed by atoms with van der Waals surface area (Å²) in [7, 11) is 1.68. The molecule has 4 heteroatoms. The smallest absolute Gasteiger partial charge is 0.251 e. The quantitative estimate of drug-likeness (QED) is 0.839. The van der Waals surface area contributed by atoms with Crippen molar-refractivity contribution in [2.24, 2.45) is 0 Å². The van der Waals surface area contributed by atoms with E-state index in [1.54, 1.807) is 7.11 Å². The van der Waals surface area contributed by atoms with Crippen LogP contribution in [0.25, 0.3) is 0 Å². The summed E-state index contributed by atoms with van der Waals surface area (Å²) in [4.78, 5) is 12.2. The molecule has 1 amide bonds. The number of nitrogens with one attached hydrogen (secondary N) is 2. The summed E-state index contributed by atoms with van der Waals surface area (Å²) < 4.78 is 5.34. The van der Waals surface area contributed by atoms with E-state index in [4.69, 9.17) is 4.74 Å². The number of methoxy groups -OCH3 is 1. The molecule has 1 aromatic carbocycles. The van der Waals surface area contributed by atoms with Crippen molar-refractivity contribution in [3.8, 4) is 0 Å². The molecule has 1 aromatic rings. The summed E-state index contributed by atoms with van der Waals surface area (Å²) in [6.07, 6.45) is 0.0547. The van der Waals surface area contributed by atoms with Gasteiger partial charge < -0.3 is 15.4 Å². The van der Waals surface area contributed by atoms with Crippen LogP contribution in [0.15, 0.2) is 18.2 Å². The van der Waals surface area contributed by atoms with Crippen LogP contribution in [-0.4, -0.2) is 38.3 Å². The van der Waals surface area contributed by atoms with E-state index < -0.39 is 0 Å². The first-order valence-electron chi connectivity index (χ1n) is 6.23. The maximum Gasteiger partial charge on any atom is 0.251 e. The number of hydrogen-bond acceptors (Lipinski definition) is 3. The highest BCUT2D eigenvalue weighted by molar-refractivity contribution is 5.96. The Bertz CT molecular complexity index is 445. The van der Waals surface area contributed by atoms with Crippen molar-refractivity contribution in [1.82, 2.24) is 10.6 Å². The molecule has 1 aliphatic rings. The van der Waals surface area contributed by atoms with Gasteiger partial charge in [-0.1, -0.05) is 17.7 Å². The summed E-state index contributed by atoms with van der Waals surface area (Å²) in [5.41, 5.74) is 2.84. The molecule has 18 heavy (non-hydrogen) atoms. The van der Waals surface area contributed by atoms with Crippen molar-refractivity contribution in [2.75, 3.05) is 20.2 Å². The minimum Gasteiger partial charge on any atom is -0.378 e. The Morgan fingerprint density at radius 3 is 2.89 bits per heavy atom. The van der Waals surface area contributed by atoms with E-state index in [-0.39, 0.29) is 18.1 Å². The molecule has 0 radical (unpaired) electrons. The summed E-state index contributed by atoms with van der Waals surface area (Å²) >= 11 is 0. The molecular formula is C14H20N2O2. The number of rotatable bonds is 3. The number of carbonyl (C=O) groups is 1. The van der Waals surface area contributed by atoms with Crippen LogP contribution < -0.4 is 10.6 Å². The van der Waals surface area contributed by atoms with Crippen LogP contribution >= 0.6 is 0 Å². The zero-order valence-electron chi connectivity index (χ0n) is 11.1. The van der Waals surface area contributed by atoms with Crippen LogP contribution in [0.4, 0.5) is 0 Å². The number of hydrogen-bond donors (Lipinski definition) is 2. The van der Waals surface area contributed by atoms with E-state index >= 15 is 0 Å². The van der Waals surface area contributed by atoms with Crippen molar-refractivity contribution in [1.29, 1.82) is 0 Å². The molecule has 2 rings (SSSR count). The highest BCUT2D eigenvalue weighted by Crippen LogP contribution is 2.12. The molecule has 2 N–H and O–H groups in total. The van der Waals surface area contributed by atoms with E-state index in [0.29, 0.717) is 0 Å². The Labute approximate surface area is 108 Å². The zero-order valence-corrected chi connectivity index (χ0v) is 11.1. The molecule has 0 saturated carbocycles. The van der Waals surface area contributed by atoms with Gasteiger partial charge in [-0.3, -0.25) is 4.79 Å². The topological polar surface area (TPSA) is 50.4 Å². The van der Waals surface area contributed by atoms with Crippen molar-refractivity contribution in [3.63, 3.8) is 0 Å². The monoisotopic (exact) mass is 248 g/mol. The third-order valence-electron chi connectivity index (χ3n) is 3.42. The molecule has 1 unspecified atom stereocenters. The summed E-state index contributed by atoms with van der Waals surface area (Å²) in [5, 5.41) is 6.25. The minimum absolute atomic E-state index is 0.0213. The largest absolute Gasteiger partial charge is 0.378 e. The second-order valence-corrected chi connectivity index (χ2v) is 4.83. The van der Waals surface area contributed by atoms with Crippen molar-refractivity contribution in [2.45, 2.75) is 26.0 Å². The average Bonchev–Trinajstić information content (AvgIpc) is 2.79. The van der Waals surface area contributed by atoms with Crippen LogP contribution in [0.3, 0.4) is 0 Å². The number of carbonyl (C=O) groups excluding carboxylic acids is 1. The lowest BCUT2D eigenvalue weighted by Crippen LogP contribution is -2.43. The van der Waals surface area contributed by atoms with Crippen molar-refractivity contribution in [3.05, 3.63) is 34.9 Å².